The first-order valence-corrected chi connectivity index (χ1v) is 4.87. The predicted octanol–water partition coefficient (Wildman–Crippen LogP) is -0.761. The minimum Gasteiger partial charge on any atom is -0.468 e. The number of ether oxygens (including phenoxy) is 1. The van der Waals surface area contributed by atoms with Crippen molar-refractivity contribution in [2.75, 3.05) is 26.8 Å². The largest absolute Gasteiger partial charge is 0.468 e. The number of carbonyl (C=O) groups is 1. The van der Waals surface area contributed by atoms with Crippen molar-refractivity contribution < 1.29 is 14.6 Å². The summed E-state index contributed by atoms with van der Waals surface area (Å²) < 4.78 is 4.47. The first-order valence-electron chi connectivity index (χ1n) is 4.87. The maximum Gasteiger partial charge on any atom is 0.323 e. The lowest BCUT2D eigenvalue weighted by Gasteiger charge is -2.09. The van der Waals surface area contributed by atoms with Gasteiger partial charge in [0, 0.05) is 13.2 Å². The molecule has 0 amide bonds. The molecule has 0 radical (unpaired) electrons. The monoisotopic (exact) mass is 204 g/mol. The van der Waals surface area contributed by atoms with Gasteiger partial charge in [-0.05, 0) is 25.8 Å². The van der Waals surface area contributed by atoms with Crippen LogP contribution in [0.4, 0.5) is 0 Å². The quantitative estimate of drug-likeness (QED) is 0.357. The lowest BCUT2D eigenvalue weighted by atomic mass is 10.2. The number of unbranched alkanes of at least 4 members (excludes halogenated alkanes) is 2. The standard InChI is InChI=1S/C9H20N2O3/c1-14-9(13)8(10)7-11-5-3-2-4-6-12/h8,11-12H,2-7,10H2,1H3. The van der Waals surface area contributed by atoms with Crippen LogP contribution in [0.15, 0.2) is 0 Å². The molecule has 14 heavy (non-hydrogen) atoms. The fraction of sp³-hybridized carbons (Fsp3) is 0.889. The summed E-state index contributed by atoms with van der Waals surface area (Å²) in [5.74, 6) is -0.396. The molecular weight excluding hydrogens is 184 g/mol. The van der Waals surface area contributed by atoms with Gasteiger partial charge in [0.15, 0.2) is 0 Å². The summed E-state index contributed by atoms with van der Waals surface area (Å²) in [5.41, 5.74) is 5.49. The van der Waals surface area contributed by atoms with E-state index < -0.39 is 12.0 Å². The van der Waals surface area contributed by atoms with E-state index in [-0.39, 0.29) is 6.61 Å². The summed E-state index contributed by atoms with van der Waals surface area (Å²) in [6.45, 7) is 1.48. The maximum absolute atomic E-state index is 10.9. The van der Waals surface area contributed by atoms with Crippen LogP contribution in [0.5, 0.6) is 0 Å². The number of esters is 1. The highest BCUT2D eigenvalue weighted by Crippen LogP contribution is 1.91. The van der Waals surface area contributed by atoms with Gasteiger partial charge in [-0.15, -0.1) is 0 Å². The van der Waals surface area contributed by atoms with Gasteiger partial charge >= 0.3 is 5.97 Å². The molecule has 0 aliphatic heterocycles. The van der Waals surface area contributed by atoms with Gasteiger partial charge in [-0.25, -0.2) is 0 Å². The van der Waals surface area contributed by atoms with E-state index in [1.807, 2.05) is 0 Å². The van der Waals surface area contributed by atoms with Crippen LogP contribution in [0.25, 0.3) is 0 Å². The van der Waals surface area contributed by atoms with Crippen molar-refractivity contribution in [3.63, 3.8) is 0 Å². The minimum absolute atomic E-state index is 0.238. The van der Waals surface area contributed by atoms with Crippen LogP contribution in [0, 0.1) is 0 Å². The van der Waals surface area contributed by atoms with E-state index in [0.29, 0.717) is 6.54 Å². The Labute approximate surface area is 84.6 Å². The van der Waals surface area contributed by atoms with Crippen LogP contribution in [0.1, 0.15) is 19.3 Å². The molecule has 0 aromatic heterocycles. The molecule has 0 bridgehead atoms. The average Bonchev–Trinajstić information content (AvgIpc) is 2.21. The second-order valence-corrected chi connectivity index (χ2v) is 3.12. The molecule has 0 heterocycles. The zero-order valence-corrected chi connectivity index (χ0v) is 8.66. The SMILES string of the molecule is COC(=O)C(N)CNCCCCCO. The van der Waals surface area contributed by atoms with E-state index in [1.54, 1.807) is 0 Å². The summed E-state index contributed by atoms with van der Waals surface area (Å²) in [5, 5.41) is 11.6. The van der Waals surface area contributed by atoms with E-state index >= 15 is 0 Å². The highest BCUT2D eigenvalue weighted by molar-refractivity contribution is 5.75. The number of aliphatic hydroxyl groups is 1. The van der Waals surface area contributed by atoms with Gasteiger partial charge in [0.05, 0.1) is 7.11 Å². The van der Waals surface area contributed by atoms with Gasteiger partial charge in [0.2, 0.25) is 0 Å². The third-order valence-electron chi connectivity index (χ3n) is 1.88. The van der Waals surface area contributed by atoms with Gasteiger partial charge in [-0.1, -0.05) is 0 Å². The lowest BCUT2D eigenvalue weighted by Crippen LogP contribution is -2.41. The molecule has 0 aliphatic rings. The first kappa shape index (κ1) is 13.4. The van der Waals surface area contributed by atoms with Gasteiger partial charge in [-0.3, -0.25) is 4.79 Å². The fourth-order valence-corrected chi connectivity index (χ4v) is 1.03. The summed E-state index contributed by atoms with van der Waals surface area (Å²) >= 11 is 0. The van der Waals surface area contributed by atoms with Crippen molar-refractivity contribution in [1.82, 2.24) is 5.32 Å². The molecule has 1 unspecified atom stereocenters. The number of carbonyl (C=O) groups excluding carboxylic acids is 1. The molecule has 5 heteroatoms. The zero-order valence-electron chi connectivity index (χ0n) is 8.66. The Morgan fingerprint density at radius 1 is 1.50 bits per heavy atom. The van der Waals surface area contributed by atoms with E-state index in [1.165, 1.54) is 7.11 Å². The number of hydrogen-bond acceptors (Lipinski definition) is 5. The number of nitrogens with one attached hydrogen (secondary N) is 1. The van der Waals surface area contributed by atoms with Crippen molar-refractivity contribution >= 4 is 5.97 Å². The third kappa shape index (κ3) is 6.82. The Morgan fingerprint density at radius 3 is 2.79 bits per heavy atom. The van der Waals surface area contributed by atoms with Gasteiger partial charge < -0.3 is 20.9 Å². The zero-order chi connectivity index (χ0) is 10.8. The fourth-order valence-electron chi connectivity index (χ4n) is 1.03. The number of nitrogens with two attached hydrogens (primary N) is 1. The van der Waals surface area contributed by atoms with Crippen molar-refractivity contribution in [2.45, 2.75) is 25.3 Å². The minimum atomic E-state index is -0.585. The van der Waals surface area contributed by atoms with E-state index in [0.717, 1.165) is 25.8 Å². The summed E-state index contributed by atoms with van der Waals surface area (Å²) in [6, 6.07) is -0.585. The normalized spacial score (nSPS) is 12.5. The van der Waals surface area contributed by atoms with E-state index in [9.17, 15) is 4.79 Å². The molecule has 0 rings (SSSR count). The van der Waals surface area contributed by atoms with Crippen LogP contribution in [-0.2, 0) is 9.53 Å². The van der Waals surface area contributed by atoms with Crippen LogP contribution in [0.2, 0.25) is 0 Å². The van der Waals surface area contributed by atoms with Crippen LogP contribution >= 0.6 is 0 Å². The Hall–Kier alpha value is -0.650. The molecule has 0 aromatic carbocycles. The van der Waals surface area contributed by atoms with E-state index in [4.69, 9.17) is 10.8 Å². The Balaban J connectivity index is 3.23. The van der Waals surface area contributed by atoms with Gasteiger partial charge in [0.1, 0.15) is 6.04 Å². The summed E-state index contributed by atoms with van der Waals surface area (Å²) in [7, 11) is 1.32. The number of aliphatic hydroxyl groups excluding tert-OH is 1. The molecule has 0 spiro atoms. The van der Waals surface area contributed by atoms with Crippen LogP contribution in [-0.4, -0.2) is 43.9 Å². The molecule has 0 saturated heterocycles. The van der Waals surface area contributed by atoms with Crippen molar-refractivity contribution in [1.29, 1.82) is 0 Å². The Morgan fingerprint density at radius 2 is 2.21 bits per heavy atom. The highest BCUT2D eigenvalue weighted by atomic mass is 16.5. The second-order valence-electron chi connectivity index (χ2n) is 3.12. The van der Waals surface area contributed by atoms with Crippen molar-refractivity contribution in [3.8, 4) is 0 Å². The maximum atomic E-state index is 10.9. The topological polar surface area (TPSA) is 84.6 Å². The highest BCUT2D eigenvalue weighted by Gasteiger charge is 2.11. The van der Waals surface area contributed by atoms with E-state index in [2.05, 4.69) is 10.1 Å². The van der Waals surface area contributed by atoms with Crippen molar-refractivity contribution in [2.24, 2.45) is 5.73 Å². The van der Waals surface area contributed by atoms with Crippen molar-refractivity contribution in [3.05, 3.63) is 0 Å². The number of rotatable bonds is 8. The molecule has 4 N–H and O–H groups in total. The lowest BCUT2D eigenvalue weighted by molar-refractivity contribution is -0.142. The molecule has 0 fully saturated rings. The molecule has 0 aliphatic carbocycles. The summed E-state index contributed by atoms with van der Waals surface area (Å²) in [4.78, 5) is 10.9. The first-order chi connectivity index (χ1) is 6.72. The smallest absolute Gasteiger partial charge is 0.323 e. The van der Waals surface area contributed by atoms with Crippen LogP contribution < -0.4 is 11.1 Å². The number of methoxy groups -OCH3 is 1. The van der Waals surface area contributed by atoms with Gasteiger partial charge in [-0.2, -0.15) is 0 Å². The number of hydrogen-bond donors (Lipinski definition) is 3. The van der Waals surface area contributed by atoms with Crippen LogP contribution in [0.3, 0.4) is 0 Å². The Bertz CT molecular complexity index is 153. The Kier molecular flexibility index (Phi) is 8.51. The second kappa shape index (κ2) is 8.93. The summed E-state index contributed by atoms with van der Waals surface area (Å²) in [6.07, 6.45) is 2.79. The average molecular weight is 204 g/mol. The van der Waals surface area contributed by atoms with Gasteiger partial charge in [0.25, 0.3) is 0 Å². The third-order valence-corrected chi connectivity index (χ3v) is 1.88. The molecular formula is C9H20N2O3. The predicted molar refractivity (Wildman–Crippen MR) is 53.8 cm³/mol. The molecule has 1 atom stereocenters. The molecule has 5 nitrogen and oxygen atoms in total. The molecule has 84 valence electrons. The molecule has 0 aromatic rings. The molecule has 0 saturated carbocycles.